The van der Waals surface area contributed by atoms with Crippen LogP contribution >= 0.6 is 0 Å². The van der Waals surface area contributed by atoms with E-state index in [4.69, 9.17) is 5.73 Å². The standard InChI is InChI=1S/C15H15F3N4O/c1-21-13(19)6-7-14-20-9-12(22(14)21)10-4-2-3-5-11(8-10)23-15(16,17)18/h2-4,6-9,13H,5,19H2,1H3. The van der Waals surface area contributed by atoms with Crippen LogP contribution < -0.4 is 10.7 Å². The molecule has 0 amide bonds. The molecular formula is C15H15F3N4O. The molecule has 2 heterocycles. The molecule has 122 valence electrons. The Morgan fingerprint density at radius 1 is 1.39 bits per heavy atom. The van der Waals surface area contributed by atoms with Gasteiger partial charge in [-0.15, -0.1) is 13.2 Å². The van der Waals surface area contributed by atoms with Gasteiger partial charge in [0, 0.05) is 19.0 Å². The minimum Gasteiger partial charge on any atom is -0.410 e. The summed E-state index contributed by atoms with van der Waals surface area (Å²) in [5, 5.41) is 1.76. The van der Waals surface area contributed by atoms with E-state index in [1.807, 2.05) is 0 Å². The predicted molar refractivity (Wildman–Crippen MR) is 80.3 cm³/mol. The second-order valence-corrected chi connectivity index (χ2v) is 5.15. The van der Waals surface area contributed by atoms with E-state index >= 15 is 0 Å². The summed E-state index contributed by atoms with van der Waals surface area (Å²) in [5.74, 6) is 0.483. The zero-order valence-corrected chi connectivity index (χ0v) is 12.3. The fourth-order valence-corrected chi connectivity index (χ4v) is 2.46. The number of nitrogens with zero attached hydrogens (tertiary/aromatic N) is 3. The lowest BCUT2D eigenvalue weighted by atomic mass is 10.1. The zero-order chi connectivity index (χ0) is 16.6. The molecule has 1 aromatic rings. The molecule has 0 fully saturated rings. The molecule has 0 radical (unpaired) electrons. The van der Waals surface area contributed by atoms with Crippen molar-refractivity contribution in [1.82, 2.24) is 9.66 Å². The predicted octanol–water partition coefficient (Wildman–Crippen LogP) is 2.53. The molecule has 0 saturated heterocycles. The number of ether oxygens (including phenoxy) is 1. The first-order valence-corrected chi connectivity index (χ1v) is 6.93. The molecule has 0 spiro atoms. The first kappa shape index (κ1) is 15.4. The zero-order valence-electron chi connectivity index (χ0n) is 12.3. The van der Waals surface area contributed by atoms with Crippen LogP contribution in [0.1, 0.15) is 17.9 Å². The molecule has 23 heavy (non-hydrogen) atoms. The number of likely N-dealkylation sites (N-methyl/N-ethyl adjacent to an activating group) is 1. The molecule has 2 N–H and O–H groups in total. The average molecular weight is 324 g/mol. The van der Waals surface area contributed by atoms with Crippen LogP contribution in [0.15, 0.2) is 42.3 Å². The highest BCUT2D eigenvalue weighted by Gasteiger charge is 2.32. The van der Waals surface area contributed by atoms with Crippen molar-refractivity contribution in [2.75, 3.05) is 12.1 Å². The van der Waals surface area contributed by atoms with Crippen molar-refractivity contribution >= 4 is 11.6 Å². The topological polar surface area (TPSA) is 56.3 Å². The Hall–Kier alpha value is -2.48. The normalized spacial score (nSPS) is 20.7. The molecule has 1 atom stereocenters. The smallest absolute Gasteiger partial charge is 0.410 e. The van der Waals surface area contributed by atoms with Crippen molar-refractivity contribution in [2.24, 2.45) is 5.73 Å². The van der Waals surface area contributed by atoms with Crippen LogP contribution in [0.25, 0.3) is 11.6 Å². The van der Waals surface area contributed by atoms with Crippen molar-refractivity contribution in [3.8, 4) is 0 Å². The molecule has 0 saturated carbocycles. The minimum atomic E-state index is -4.71. The Balaban J connectivity index is 2.00. The molecule has 8 heteroatoms. The second-order valence-electron chi connectivity index (χ2n) is 5.15. The number of alkyl halides is 3. The Kier molecular flexibility index (Phi) is 3.77. The van der Waals surface area contributed by atoms with E-state index in [0.717, 1.165) is 0 Å². The summed E-state index contributed by atoms with van der Waals surface area (Å²) in [7, 11) is 1.78. The van der Waals surface area contributed by atoms with Crippen molar-refractivity contribution in [2.45, 2.75) is 18.9 Å². The van der Waals surface area contributed by atoms with E-state index < -0.39 is 6.36 Å². The SMILES string of the molecule is CN1C(N)C=Cc2ncc(C3=CC=CCC(OC(F)(F)F)=C3)n21. The van der Waals surface area contributed by atoms with Gasteiger partial charge in [0.15, 0.2) is 5.82 Å². The molecule has 3 rings (SSSR count). The maximum Gasteiger partial charge on any atom is 0.572 e. The number of imidazole rings is 1. The summed E-state index contributed by atoms with van der Waals surface area (Å²) in [5.41, 5.74) is 7.16. The number of allylic oxidation sites excluding steroid dienone is 5. The number of fused-ring (bicyclic) bond motifs is 1. The maximum atomic E-state index is 12.5. The monoisotopic (exact) mass is 324 g/mol. The highest BCUT2D eigenvalue weighted by atomic mass is 19.4. The van der Waals surface area contributed by atoms with Gasteiger partial charge in [0.25, 0.3) is 0 Å². The molecule has 0 aromatic carbocycles. The molecular weight excluding hydrogens is 309 g/mol. The van der Waals surface area contributed by atoms with Crippen molar-refractivity contribution < 1.29 is 17.9 Å². The highest BCUT2D eigenvalue weighted by Crippen LogP contribution is 2.29. The summed E-state index contributed by atoms with van der Waals surface area (Å²) in [6.45, 7) is 0. The van der Waals surface area contributed by atoms with Gasteiger partial charge >= 0.3 is 6.36 Å². The Morgan fingerprint density at radius 3 is 2.91 bits per heavy atom. The van der Waals surface area contributed by atoms with Crippen LogP contribution in [0, 0.1) is 0 Å². The third-order valence-corrected chi connectivity index (χ3v) is 3.54. The van der Waals surface area contributed by atoms with Gasteiger partial charge in [-0.2, -0.15) is 0 Å². The lowest BCUT2D eigenvalue weighted by Crippen LogP contribution is -2.47. The fraction of sp³-hybridized carbons (Fsp3) is 0.267. The number of rotatable bonds is 2. The largest absolute Gasteiger partial charge is 0.572 e. The quantitative estimate of drug-likeness (QED) is 0.908. The Labute approximate surface area is 130 Å². The number of aromatic nitrogens is 2. The summed E-state index contributed by atoms with van der Waals surface area (Å²) in [6, 6.07) is 0. The fourth-order valence-electron chi connectivity index (χ4n) is 2.46. The van der Waals surface area contributed by atoms with Crippen LogP contribution in [-0.4, -0.2) is 29.2 Å². The van der Waals surface area contributed by atoms with Crippen LogP contribution in [0.5, 0.6) is 0 Å². The van der Waals surface area contributed by atoms with Gasteiger partial charge in [-0.1, -0.05) is 18.2 Å². The van der Waals surface area contributed by atoms with Gasteiger partial charge in [-0.05, 0) is 18.2 Å². The van der Waals surface area contributed by atoms with E-state index in [1.54, 1.807) is 53.3 Å². The lowest BCUT2D eigenvalue weighted by Gasteiger charge is -2.31. The van der Waals surface area contributed by atoms with E-state index in [2.05, 4.69) is 9.72 Å². The van der Waals surface area contributed by atoms with Gasteiger partial charge < -0.3 is 10.5 Å². The third-order valence-electron chi connectivity index (χ3n) is 3.54. The molecule has 1 aliphatic heterocycles. The van der Waals surface area contributed by atoms with E-state index in [1.165, 1.54) is 6.08 Å². The van der Waals surface area contributed by atoms with E-state index in [9.17, 15) is 13.2 Å². The number of nitrogens with two attached hydrogens (primary N) is 1. The van der Waals surface area contributed by atoms with Gasteiger partial charge in [-0.25, -0.2) is 9.66 Å². The number of halogens is 3. The van der Waals surface area contributed by atoms with Crippen molar-refractivity contribution in [3.05, 3.63) is 53.9 Å². The van der Waals surface area contributed by atoms with Crippen LogP contribution in [0.3, 0.4) is 0 Å². The Bertz CT molecular complexity index is 728. The van der Waals surface area contributed by atoms with Gasteiger partial charge in [0.1, 0.15) is 11.9 Å². The van der Waals surface area contributed by atoms with E-state index in [-0.39, 0.29) is 18.3 Å². The number of hydrogen-bond donors (Lipinski definition) is 1. The summed E-state index contributed by atoms with van der Waals surface area (Å²) in [4.78, 5) is 4.27. The molecule has 2 aliphatic rings. The third kappa shape index (κ3) is 3.16. The second kappa shape index (κ2) is 5.62. The summed E-state index contributed by atoms with van der Waals surface area (Å²) in [6.07, 6.45) is 6.56. The molecule has 1 aromatic heterocycles. The first-order valence-electron chi connectivity index (χ1n) is 6.93. The summed E-state index contributed by atoms with van der Waals surface area (Å²) >= 11 is 0. The van der Waals surface area contributed by atoms with Crippen molar-refractivity contribution in [1.29, 1.82) is 0 Å². The Morgan fingerprint density at radius 2 is 2.17 bits per heavy atom. The van der Waals surface area contributed by atoms with Gasteiger partial charge in [0.05, 0.1) is 11.9 Å². The van der Waals surface area contributed by atoms with Gasteiger partial charge in [-0.3, -0.25) is 5.01 Å². The van der Waals surface area contributed by atoms with Crippen molar-refractivity contribution in [3.63, 3.8) is 0 Å². The summed E-state index contributed by atoms with van der Waals surface area (Å²) < 4.78 is 43.2. The molecule has 1 aliphatic carbocycles. The highest BCUT2D eigenvalue weighted by molar-refractivity contribution is 5.75. The minimum absolute atomic E-state index is 0.0652. The van der Waals surface area contributed by atoms with Crippen LogP contribution in [-0.2, 0) is 4.74 Å². The molecule has 0 bridgehead atoms. The number of hydrogen-bond acceptors (Lipinski definition) is 4. The van der Waals surface area contributed by atoms with Crippen LogP contribution in [0.4, 0.5) is 13.2 Å². The first-order chi connectivity index (χ1) is 10.8. The average Bonchev–Trinajstić information content (AvgIpc) is 2.76. The van der Waals surface area contributed by atoms with E-state index in [0.29, 0.717) is 17.1 Å². The lowest BCUT2D eigenvalue weighted by molar-refractivity contribution is -0.305. The van der Waals surface area contributed by atoms with Crippen LogP contribution in [0.2, 0.25) is 0 Å². The maximum absolute atomic E-state index is 12.5. The molecule has 5 nitrogen and oxygen atoms in total. The molecule has 1 unspecified atom stereocenters. The van der Waals surface area contributed by atoms with Gasteiger partial charge in [0.2, 0.25) is 0 Å².